The molecule has 2 fully saturated rings. The molecule has 8 nitrogen and oxygen atoms in total. The van der Waals surface area contributed by atoms with Crippen molar-refractivity contribution in [2.45, 2.75) is 12.6 Å². The Hall–Kier alpha value is -4.01. The van der Waals surface area contributed by atoms with E-state index < -0.39 is 23.5 Å². The smallest absolute Gasteiger partial charge is 0.295 e. The highest BCUT2D eigenvalue weighted by molar-refractivity contribution is 6.46. The SMILES string of the molecule is O=C1C(=O)N(CC[NH+]2CCOCC2)C(c2cccnc2)/C1=C(\[O-])c1ccc(OCc2ccccc2)cc1. The molecule has 37 heavy (non-hydrogen) atoms. The maximum atomic E-state index is 13.6. The molecule has 2 aliphatic rings. The predicted molar refractivity (Wildman–Crippen MR) is 134 cm³/mol. The Morgan fingerprint density at radius 2 is 1.78 bits per heavy atom. The number of Topliss-reactive ketones (excluding diaryl/α,β-unsaturated/α-hetero) is 1. The Balaban J connectivity index is 1.40. The van der Waals surface area contributed by atoms with Crippen molar-refractivity contribution in [1.82, 2.24) is 9.88 Å². The molecule has 0 radical (unpaired) electrons. The Labute approximate surface area is 215 Å². The number of nitrogens with zero attached hydrogens (tertiary/aromatic N) is 2. The number of benzene rings is 2. The van der Waals surface area contributed by atoms with Crippen molar-refractivity contribution < 1.29 is 29.1 Å². The van der Waals surface area contributed by atoms with Crippen molar-refractivity contribution in [3.63, 3.8) is 0 Å². The van der Waals surface area contributed by atoms with Gasteiger partial charge in [0.15, 0.2) is 0 Å². The fourth-order valence-electron chi connectivity index (χ4n) is 4.77. The number of carbonyl (C=O) groups is 2. The number of pyridine rings is 1. The van der Waals surface area contributed by atoms with Crippen LogP contribution in [0.15, 0.2) is 84.7 Å². The van der Waals surface area contributed by atoms with Crippen LogP contribution in [0.4, 0.5) is 0 Å². The van der Waals surface area contributed by atoms with Crippen molar-refractivity contribution in [2.75, 3.05) is 39.4 Å². The molecule has 190 valence electrons. The molecular formula is C29H29N3O5. The lowest BCUT2D eigenvalue weighted by molar-refractivity contribution is -0.907. The molecule has 8 heteroatoms. The molecule has 0 saturated carbocycles. The van der Waals surface area contributed by atoms with E-state index >= 15 is 0 Å². The standard InChI is InChI=1S/C29H29N3O5/c33-27(22-8-10-24(11-9-22)37-20-21-5-2-1-3-6-21)25-26(23-7-4-12-30-19-23)32(29(35)28(25)34)14-13-31-15-17-36-18-16-31/h1-12,19,26,33H,13-18,20H2/b27-25+. The van der Waals surface area contributed by atoms with E-state index in [9.17, 15) is 14.7 Å². The lowest BCUT2D eigenvalue weighted by Gasteiger charge is -2.30. The molecule has 2 aliphatic heterocycles. The van der Waals surface area contributed by atoms with E-state index in [1.54, 1.807) is 48.8 Å². The molecule has 2 saturated heterocycles. The van der Waals surface area contributed by atoms with Crippen LogP contribution in [0.25, 0.3) is 5.76 Å². The van der Waals surface area contributed by atoms with Crippen molar-refractivity contribution >= 4 is 17.4 Å². The third-order valence-corrected chi connectivity index (χ3v) is 6.80. The van der Waals surface area contributed by atoms with E-state index in [1.165, 1.54) is 9.80 Å². The van der Waals surface area contributed by atoms with Crippen LogP contribution in [-0.4, -0.2) is 61.0 Å². The van der Waals surface area contributed by atoms with Gasteiger partial charge in [0.1, 0.15) is 25.4 Å². The number of hydrogen-bond acceptors (Lipinski definition) is 6. The van der Waals surface area contributed by atoms with E-state index in [0.717, 1.165) is 18.7 Å². The molecule has 1 amide bonds. The summed E-state index contributed by atoms with van der Waals surface area (Å²) in [4.78, 5) is 33.3. The van der Waals surface area contributed by atoms with Gasteiger partial charge in [-0.3, -0.25) is 14.6 Å². The molecule has 1 atom stereocenters. The first-order valence-corrected chi connectivity index (χ1v) is 12.5. The van der Waals surface area contributed by atoms with Gasteiger partial charge in [0, 0.05) is 18.0 Å². The van der Waals surface area contributed by atoms with Gasteiger partial charge in [-0.15, -0.1) is 0 Å². The van der Waals surface area contributed by atoms with E-state index in [-0.39, 0.29) is 5.57 Å². The van der Waals surface area contributed by atoms with Gasteiger partial charge in [-0.2, -0.15) is 0 Å². The molecule has 2 aromatic carbocycles. The summed E-state index contributed by atoms with van der Waals surface area (Å²) in [5.74, 6) is -1.24. The molecule has 3 aromatic rings. The van der Waals surface area contributed by atoms with Crippen LogP contribution in [0.5, 0.6) is 5.75 Å². The average Bonchev–Trinajstić information content (AvgIpc) is 3.21. The second kappa shape index (κ2) is 11.4. The van der Waals surface area contributed by atoms with Crippen molar-refractivity contribution in [1.29, 1.82) is 0 Å². The number of rotatable bonds is 8. The fourth-order valence-corrected chi connectivity index (χ4v) is 4.77. The molecule has 1 aromatic heterocycles. The first-order valence-electron chi connectivity index (χ1n) is 12.5. The minimum Gasteiger partial charge on any atom is -0.872 e. The molecule has 1 unspecified atom stereocenters. The normalized spacial score (nSPS) is 19.8. The second-order valence-corrected chi connectivity index (χ2v) is 9.17. The van der Waals surface area contributed by atoms with Gasteiger partial charge in [-0.25, -0.2) is 0 Å². The summed E-state index contributed by atoms with van der Waals surface area (Å²) < 4.78 is 11.2. The number of carbonyl (C=O) groups excluding carboxylic acids is 2. The second-order valence-electron chi connectivity index (χ2n) is 9.17. The van der Waals surface area contributed by atoms with Gasteiger partial charge in [0.25, 0.3) is 5.91 Å². The number of morpholine rings is 1. The molecule has 1 N–H and O–H groups in total. The number of ether oxygens (including phenoxy) is 2. The van der Waals surface area contributed by atoms with Gasteiger partial charge >= 0.3 is 0 Å². The van der Waals surface area contributed by atoms with Crippen LogP contribution < -0.4 is 14.7 Å². The summed E-state index contributed by atoms with van der Waals surface area (Å²) in [5, 5.41) is 13.6. The highest BCUT2D eigenvalue weighted by Crippen LogP contribution is 2.38. The summed E-state index contributed by atoms with van der Waals surface area (Å²) >= 11 is 0. The van der Waals surface area contributed by atoms with Gasteiger partial charge in [-0.05, 0) is 34.9 Å². The summed E-state index contributed by atoms with van der Waals surface area (Å²) in [6, 6.07) is 19.2. The Morgan fingerprint density at radius 3 is 2.49 bits per heavy atom. The predicted octanol–water partition coefficient (Wildman–Crippen LogP) is 0.800. The zero-order chi connectivity index (χ0) is 25.6. The monoisotopic (exact) mass is 499 g/mol. The number of ketones is 1. The summed E-state index contributed by atoms with van der Waals surface area (Å²) in [5.41, 5.74) is 1.97. The summed E-state index contributed by atoms with van der Waals surface area (Å²) in [6.45, 7) is 4.49. The van der Waals surface area contributed by atoms with E-state index in [1.807, 2.05) is 30.3 Å². The van der Waals surface area contributed by atoms with Gasteiger partial charge < -0.3 is 24.4 Å². The van der Waals surface area contributed by atoms with Crippen LogP contribution >= 0.6 is 0 Å². The van der Waals surface area contributed by atoms with Crippen LogP contribution in [0.1, 0.15) is 22.7 Å². The molecule has 5 rings (SSSR count). The topological polar surface area (TPSA) is 96.2 Å². The zero-order valence-corrected chi connectivity index (χ0v) is 20.5. The van der Waals surface area contributed by atoms with E-state index in [2.05, 4.69) is 4.98 Å². The minimum absolute atomic E-state index is 0.0343. The van der Waals surface area contributed by atoms with Gasteiger partial charge in [0.05, 0.1) is 32.3 Å². The Kier molecular flexibility index (Phi) is 7.58. The summed E-state index contributed by atoms with van der Waals surface area (Å²) in [6.07, 6.45) is 3.24. The zero-order valence-electron chi connectivity index (χ0n) is 20.5. The molecule has 0 spiro atoms. The van der Waals surface area contributed by atoms with Gasteiger partial charge in [0.2, 0.25) is 5.78 Å². The van der Waals surface area contributed by atoms with Crippen LogP contribution in [0.3, 0.4) is 0 Å². The number of amides is 1. The third kappa shape index (κ3) is 5.55. The van der Waals surface area contributed by atoms with Crippen LogP contribution in [0.2, 0.25) is 0 Å². The highest BCUT2D eigenvalue weighted by atomic mass is 16.5. The number of hydrogen-bond donors (Lipinski definition) is 1. The maximum absolute atomic E-state index is 13.6. The quantitative estimate of drug-likeness (QED) is 0.280. The molecule has 3 heterocycles. The maximum Gasteiger partial charge on any atom is 0.295 e. The number of nitrogens with one attached hydrogen (secondary N) is 1. The number of likely N-dealkylation sites (tertiary alicyclic amines) is 1. The lowest BCUT2D eigenvalue weighted by atomic mass is 9.96. The molecule has 0 bridgehead atoms. The van der Waals surface area contributed by atoms with Crippen molar-refractivity contribution in [3.8, 4) is 5.75 Å². The first-order chi connectivity index (χ1) is 18.1. The lowest BCUT2D eigenvalue weighted by Crippen LogP contribution is -3.14. The average molecular weight is 500 g/mol. The highest BCUT2D eigenvalue weighted by Gasteiger charge is 2.44. The fraction of sp³-hybridized carbons (Fsp3) is 0.276. The van der Waals surface area contributed by atoms with Crippen LogP contribution in [0, 0.1) is 0 Å². The third-order valence-electron chi connectivity index (χ3n) is 6.80. The van der Waals surface area contributed by atoms with E-state index in [4.69, 9.17) is 9.47 Å². The van der Waals surface area contributed by atoms with Gasteiger partial charge in [-0.1, -0.05) is 54.3 Å². The largest absolute Gasteiger partial charge is 0.872 e. The Bertz CT molecular complexity index is 1260. The minimum atomic E-state index is -0.768. The number of aromatic nitrogens is 1. The first kappa shape index (κ1) is 24.7. The van der Waals surface area contributed by atoms with Crippen molar-refractivity contribution in [3.05, 3.63) is 101 Å². The molecule has 0 aliphatic carbocycles. The summed E-state index contributed by atoms with van der Waals surface area (Å²) in [7, 11) is 0. The van der Waals surface area contributed by atoms with Crippen LogP contribution in [-0.2, 0) is 20.9 Å². The van der Waals surface area contributed by atoms with E-state index in [0.29, 0.717) is 49.8 Å². The Morgan fingerprint density at radius 1 is 1.03 bits per heavy atom. The van der Waals surface area contributed by atoms with Crippen molar-refractivity contribution in [2.24, 2.45) is 0 Å². The number of quaternary nitrogens is 1. The molecular weight excluding hydrogens is 470 g/mol.